The summed E-state index contributed by atoms with van der Waals surface area (Å²) in [7, 11) is 0. The lowest BCUT2D eigenvalue weighted by atomic mass is 9.77. The summed E-state index contributed by atoms with van der Waals surface area (Å²) < 4.78 is 35.4. The van der Waals surface area contributed by atoms with E-state index in [0.29, 0.717) is 23.6 Å². The highest BCUT2D eigenvalue weighted by molar-refractivity contribution is 5.90. The number of rotatable bonds is 4. The van der Waals surface area contributed by atoms with E-state index in [2.05, 4.69) is 14.8 Å². The van der Waals surface area contributed by atoms with E-state index < -0.39 is 6.29 Å². The Morgan fingerprint density at radius 2 is 1.76 bits per heavy atom. The van der Waals surface area contributed by atoms with Gasteiger partial charge in [0.25, 0.3) is 0 Å². The van der Waals surface area contributed by atoms with Crippen molar-refractivity contribution in [1.29, 1.82) is 5.26 Å². The van der Waals surface area contributed by atoms with Gasteiger partial charge >= 0.3 is 6.29 Å². The molecule has 1 heterocycles. The molecular weight excluding hydrogens is 378 g/mol. The van der Waals surface area contributed by atoms with Crippen LogP contribution in [-0.2, 0) is 4.79 Å². The molecule has 5 nitrogen and oxygen atoms in total. The molecule has 4 rings (SSSR count). The third-order valence-electron chi connectivity index (χ3n) is 5.52. The summed E-state index contributed by atoms with van der Waals surface area (Å²) in [6.45, 7) is 0. The van der Waals surface area contributed by atoms with Crippen LogP contribution in [0.4, 0.5) is 14.5 Å². The topological polar surface area (TPSA) is 71.4 Å². The summed E-state index contributed by atoms with van der Waals surface area (Å²) >= 11 is 0. The maximum Gasteiger partial charge on any atom is 0.586 e. The maximum absolute atomic E-state index is 13.2. The van der Waals surface area contributed by atoms with Crippen LogP contribution in [0, 0.1) is 17.2 Å². The van der Waals surface area contributed by atoms with Crippen molar-refractivity contribution in [2.45, 2.75) is 44.3 Å². The quantitative estimate of drug-likeness (QED) is 0.770. The molecule has 1 aliphatic heterocycles. The largest absolute Gasteiger partial charge is 0.586 e. The zero-order chi connectivity index (χ0) is 20.4. The molecule has 150 valence electrons. The molecule has 0 saturated heterocycles. The average molecular weight is 398 g/mol. The zero-order valence-corrected chi connectivity index (χ0v) is 15.7. The molecule has 0 unspecified atom stereocenters. The summed E-state index contributed by atoms with van der Waals surface area (Å²) in [5.74, 6) is 0.658. The molecule has 2 aromatic rings. The van der Waals surface area contributed by atoms with Crippen LogP contribution in [0.5, 0.6) is 11.5 Å². The van der Waals surface area contributed by atoms with E-state index in [1.807, 2.05) is 12.1 Å². The summed E-state index contributed by atoms with van der Waals surface area (Å²) in [6.07, 6.45) is 0.433. The highest BCUT2D eigenvalue weighted by atomic mass is 19.3. The highest BCUT2D eigenvalue weighted by Crippen LogP contribution is 2.44. The second-order valence-corrected chi connectivity index (χ2v) is 7.53. The molecule has 0 aromatic heterocycles. The van der Waals surface area contributed by atoms with Gasteiger partial charge in [-0.05, 0) is 79.5 Å². The molecule has 0 bridgehead atoms. The van der Waals surface area contributed by atoms with Gasteiger partial charge in [-0.25, -0.2) is 0 Å². The molecule has 0 atom stereocenters. The van der Waals surface area contributed by atoms with Crippen LogP contribution in [0.2, 0.25) is 0 Å². The first-order chi connectivity index (χ1) is 13.9. The number of halogens is 2. The Balaban J connectivity index is 1.28. The number of hydrogen-bond donors (Lipinski definition) is 1. The van der Waals surface area contributed by atoms with Crippen molar-refractivity contribution in [1.82, 2.24) is 0 Å². The second kappa shape index (κ2) is 7.70. The number of nitrogens with one attached hydrogen (secondary N) is 1. The smallest absolute Gasteiger partial charge is 0.395 e. The lowest BCUT2D eigenvalue weighted by molar-refractivity contribution is -0.286. The number of carbonyl (C=O) groups is 1. The monoisotopic (exact) mass is 398 g/mol. The fourth-order valence-corrected chi connectivity index (χ4v) is 4.02. The molecule has 1 aliphatic carbocycles. The van der Waals surface area contributed by atoms with Crippen molar-refractivity contribution in [3.05, 3.63) is 53.6 Å². The van der Waals surface area contributed by atoms with Gasteiger partial charge in [0, 0.05) is 12.1 Å². The van der Waals surface area contributed by atoms with Crippen LogP contribution in [0.15, 0.2) is 42.5 Å². The van der Waals surface area contributed by atoms with Crippen molar-refractivity contribution in [3.63, 3.8) is 0 Å². The first-order valence-electron chi connectivity index (χ1n) is 9.62. The molecule has 1 saturated carbocycles. The Morgan fingerprint density at radius 3 is 2.45 bits per heavy atom. The molecule has 1 fully saturated rings. The average Bonchev–Trinajstić information content (AvgIpc) is 3.02. The number of alkyl halides is 2. The second-order valence-electron chi connectivity index (χ2n) is 7.53. The minimum atomic E-state index is -3.60. The Bertz CT molecular complexity index is 946. The van der Waals surface area contributed by atoms with Gasteiger partial charge in [-0.3, -0.25) is 4.79 Å². The number of benzene rings is 2. The predicted octanol–water partition coefficient (Wildman–Crippen LogP) is 5.18. The fraction of sp³-hybridized carbons (Fsp3) is 0.364. The summed E-state index contributed by atoms with van der Waals surface area (Å²) in [4.78, 5) is 12.3. The lowest BCUT2D eigenvalue weighted by Crippen LogP contribution is -2.25. The highest BCUT2D eigenvalue weighted by Gasteiger charge is 2.43. The van der Waals surface area contributed by atoms with Crippen molar-refractivity contribution >= 4 is 11.6 Å². The van der Waals surface area contributed by atoms with Crippen LogP contribution in [0.1, 0.15) is 49.1 Å². The van der Waals surface area contributed by atoms with E-state index in [1.54, 1.807) is 30.3 Å². The van der Waals surface area contributed by atoms with E-state index in [0.717, 1.165) is 31.2 Å². The number of ether oxygens (including phenoxy) is 2. The number of fused-ring (bicyclic) bond motifs is 1. The van der Waals surface area contributed by atoms with E-state index in [-0.39, 0.29) is 23.3 Å². The van der Waals surface area contributed by atoms with E-state index in [9.17, 15) is 13.6 Å². The molecule has 1 amide bonds. The van der Waals surface area contributed by atoms with Crippen LogP contribution in [0.3, 0.4) is 0 Å². The Labute approximate surface area is 167 Å². The third kappa shape index (κ3) is 4.48. The predicted molar refractivity (Wildman–Crippen MR) is 102 cm³/mol. The zero-order valence-electron chi connectivity index (χ0n) is 15.7. The summed E-state index contributed by atoms with van der Waals surface area (Å²) in [5, 5.41) is 11.7. The number of nitriles is 1. The van der Waals surface area contributed by atoms with Gasteiger partial charge < -0.3 is 14.8 Å². The summed E-state index contributed by atoms with van der Waals surface area (Å²) in [5.41, 5.74) is 2.19. The first kappa shape index (κ1) is 19.2. The first-order valence-corrected chi connectivity index (χ1v) is 9.62. The molecule has 2 aliphatic rings. The number of nitrogens with zero attached hydrogens (tertiary/aromatic N) is 1. The van der Waals surface area contributed by atoms with E-state index >= 15 is 0 Å². The van der Waals surface area contributed by atoms with E-state index in [4.69, 9.17) is 5.26 Å². The SMILES string of the molecule is N#Cc1ccc(NC(=O)CC2CCC(c3ccc4c(c3)OC(F)(F)O4)CC2)cc1. The number of anilines is 1. The van der Waals surface area contributed by atoms with Crippen LogP contribution < -0.4 is 14.8 Å². The van der Waals surface area contributed by atoms with Gasteiger partial charge in [0.05, 0.1) is 11.6 Å². The van der Waals surface area contributed by atoms with Gasteiger partial charge in [0.2, 0.25) is 5.91 Å². The van der Waals surface area contributed by atoms with Crippen LogP contribution >= 0.6 is 0 Å². The molecule has 7 heteroatoms. The Morgan fingerprint density at radius 1 is 1.07 bits per heavy atom. The molecule has 0 radical (unpaired) electrons. The Kier molecular flexibility index (Phi) is 5.10. The number of carbonyl (C=O) groups excluding carboxylic acids is 1. The van der Waals surface area contributed by atoms with Crippen molar-refractivity contribution < 1.29 is 23.0 Å². The number of hydrogen-bond acceptors (Lipinski definition) is 4. The normalized spacial score (nSPS) is 22.0. The van der Waals surface area contributed by atoms with Gasteiger partial charge in [0.1, 0.15) is 0 Å². The molecule has 0 spiro atoms. The fourth-order valence-electron chi connectivity index (χ4n) is 4.02. The Hall–Kier alpha value is -3.14. The van der Waals surface area contributed by atoms with Crippen molar-refractivity contribution in [2.24, 2.45) is 5.92 Å². The van der Waals surface area contributed by atoms with Gasteiger partial charge in [-0.2, -0.15) is 5.26 Å². The standard InChI is InChI=1S/C22H20F2N2O3/c23-22(24)28-19-10-7-17(12-20(19)29-22)16-5-1-14(2-6-16)11-21(27)26-18-8-3-15(13-25)4-9-18/h3-4,7-10,12,14,16H,1-2,5-6,11H2,(H,26,27). The molecule has 2 aromatic carbocycles. The minimum Gasteiger partial charge on any atom is -0.395 e. The van der Waals surface area contributed by atoms with Crippen molar-refractivity contribution in [2.75, 3.05) is 5.32 Å². The molecule has 1 N–H and O–H groups in total. The van der Waals surface area contributed by atoms with E-state index in [1.165, 1.54) is 6.07 Å². The molecule has 29 heavy (non-hydrogen) atoms. The van der Waals surface area contributed by atoms with Gasteiger partial charge in [-0.1, -0.05) is 6.07 Å². The third-order valence-corrected chi connectivity index (χ3v) is 5.52. The maximum atomic E-state index is 13.2. The van der Waals surface area contributed by atoms with Crippen molar-refractivity contribution in [3.8, 4) is 17.6 Å². The summed E-state index contributed by atoms with van der Waals surface area (Å²) in [6, 6.07) is 13.8. The van der Waals surface area contributed by atoms with Crippen LogP contribution in [0.25, 0.3) is 0 Å². The number of amides is 1. The minimum absolute atomic E-state index is 0.0385. The van der Waals surface area contributed by atoms with Crippen LogP contribution in [-0.4, -0.2) is 12.2 Å². The molecular formula is C22H20F2N2O3. The lowest BCUT2D eigenvalue weighted by Gasteiger charge is -2.28. The van der Waals surface area contributed by atoms with Gasteiger partial charge in [0.15, 0.2) is 11.5 Å². The van der Waals surface area contributed by atoms with Gasteiger partial charge in [-0.15, -0.1) is 8.78 Å².